The van der Waals surface area contributed by atoms with Crippen molar-refractivity contribution >= 4 is 0 Å². The average molecular weight is 274 g/mol. The molecule has 1 aliphatic heterocycles. The highest BCUT2D eigenvalue weighted by molar-refractivity contribution is 5.30. The van der Waals surface area contributed by atoms with Crippen LogP contribution in [0.5, 0.6) is 5.75 Å². The molecule has 20 heavy (non-hydrogen) atoms. The Morgan fingerprint density at radius 3 is 2.65 bits per heavy atom. The Kier molecular flexibility index (Phi) is 6.13. The van der Waals surface area contributed by atoms with E-state index < -0.39 is 0 Å². The first kappa shape index (κ1) is 15.1. The van der Waals surface area contributed by atoms with Gasteiger partial charge in [0.05, 0.1) is 13.2 Å². The van der Waals surface area contributed by atoms with Crippen molar-refractivity contribution in [2.45, 2.75) is 57.7 Å². The van der Waals surface area contributed by atoms with Gasteiger partial charge in [-0.1, -0.05) is 56.9 Å². The van der Waals surface area contributed by atoms with Crippen molar-refractivity contribution in [1.82, 2.24) is 0 Å². The van der Waals surface area contributed by atoms with Gasteiger partial charge in [0, 0.05) is 0 Å². The van der Waals surface area contributed by atoms with Crippen molar-refractivity contribution in [3.05, 3.63) is 42.0 Å². The summed E-state index contributed by atoms with van der Waals surface area (Å²) in [6.07, 6.45) is 12.4. The number of hydrogen-bond acceptors (Lipinski definition) is 2. The summed E-state index contributed by atoms with van der Waals surface area (Å²) in [5.41, 5.74) is 1.21. The maximum absolute atomic E-state index is 6.20. The van der Waals surface area contributed by atoms with Gasteiger partial charge in [-0.25, -0.2) is 0 Å². The van der Waals surface area contributed by atoms with Gasteiger partial charge in [0.25, 0.3) is 0 Å². The van der Waals surface area contributed by atoms with Crippen LogP contribution < -0.4 is 4.74 Å². The van der Waals surface area contributed by atoms with Gasteiger partial charge in [0.2, 0.25) is 0 Å². The van der Waals surface area contributed by atoms with Crippen LogP contribution in [0.3, 0.4) is 0 Å². The Bertz CT molecular complexity index is 408. The van der Waals surface area contributed by atoms with Crippen LogP contribution in [0.1, 0.15) is 57.1 Å². The van der Waals surface area contributed by atoms with Gasteiger partial charge in [-0.15, -0.1) is 0 Å². The molecule has 110 valence electrons. The lowest BCUT2D eigenvalue weighted by molar-refractivity contribution is -0.000823. The zero-order valence-electron chi connectivity index (χ0n) is 12.7. The van der Waals surface area contributed by atoms with Crippen molar-refractivity contribution in [2.75, 3.05) is 7.11 Å². The molecule has 0 amide bonds. The number of methoxy groups -OCH3 is 1. The molecule has 2 atom stereocenters. The average Bonchev–Trinajstić information content (AvgIpc) is 2.52. The maximum atomic E-state index is 6.20. The Labute approximate surface area is 122 Å². The molecule has 0 fully saturated rings. The van der Waals surface area contributed by atoms with Crippen LogP contribution in [-0.4, -0.2) is 13.2 Å². The molecule has 0 spiro atoms. The quantitative estimate of drug-likeness (QED) is 0.511. The molecule has 1 aromatic rings. The summed E-state index contributed by atoms with van der Waals surface area (Å²) in [4.78, 5) is 0. The standard InChI is InChI=1S/C18H26O2/c1-3-4-5-6-8-17-9-7-10-18(20-17)15-11-13-16(19-2)14-12-15/h7,10-14,17-18H,3-6,8-9H2,1-2H3/t17-,18-/m0/s1. The van der Waals surface area contributed by atoms with E-state index in [4.69, 9.17) is 9.47 Å². The lowest BCUT2D eigenvalue weighted by Crippen LogP contribution is -2.19. The molecule has 1 heterocycles. The third kappa shape index (κ3) is 4.38. The fourth-order valence-corrected chi connectivity index (χ4v) is 2.63. The number of benzene rings is 1. The minimum atomic E-state index is 0.103. The predicted octanol–water partition coefficient (Wildman–Crippen LogP) is 5.05. The Morgan fingerprint density at radius 2 is 1.95 bits per heavy atom. The van der Waals surface area contributed by atoms with Crippen LogP contribution in [0.2, 0.25) is 0 Å². The van der Waals surface area contributed by atoms with Gasteiger partial charge in [-0.2, -0.15) is 0 Å². The molecule has 0 saturated heterocycles. The fraction of sp³-hybridized carbons (Fsp3) is 0.556. The molecule has 2 heteroatoms. The van der Waals surface area contributed by atoms with E-state index in [9.17, 15) is 0 Å². The third-order valence-corrected chi connectivity index (χ3v) is 3.87. The minimum absolute atomic E-state index is 0.103. The molecule has 0 bridgehead atoms. The smallest absolute Gasteiger partial charge is 0.118 e. The summed E-state index contributed by atoms with van der Waals surface area (Å²) in [7, 11) is 1.69. The highest BCUT2D eigenvalue weighted by atomic mass is 16.5. The highest BCUT2D eigenvalue weighted by Gasteiger charge is 2.19. The van der Waals surface area contributed by atoms with Crippen molar-refractivity contribution < 1.29 is 9.47 Å². The summed E-state index contributed by atoms with van der Waals surface area (Å²) in [5.74, 6) is 0.893. The number of ether oxygens (including phenoxy) is 2. The molecule has 1 aliphatic rings. The van der Waals surface area contributed by atoms with E-state index in [1.54, 1.807) is 7.11 Å². The maximum Gasteiger partial charge on any atom is 0.118 e. The van der Waals surface area contributed by atoms with Gasteiger partial charge in [-0.05, 0) is 30.5 Å². The van der Waals surface area contributed by atoms with E-state index in [1.807, 2.05) is 12.1 Å². The second kappa shape index (κ2) is 8.11. The van der Waals surface area contributed by atoms with E-state index in [2.05, 4.69) is 31.2 Å². The van der Waals surface area contributed by atoms with Gasteiger partial charge in [0.15, 0.2) is 0 Å². The Hall–Kier alpha value is -1.28. The van der Waals surface area contributed by atoms with Crippen molar-refractivity contribution in [3.8, 4) is 5.75 Å². The normalized spacial score (nSPS) is 21.9. The first-order chi connectivity index (χ1) is 9.83. The van der Waals surface area contributed by atoms with Crippen LogP contribution in [0.4, 0.5) is 0 Å². The van der Waals surface area contributed by atoms with E-state index >= 15 is 0 Å². The second-order valence-corrected chi connectivity index (χ2v) is 5.47. The molecule has 0 N–H and O–H groups in total. The van der Waals surface area contributed by atoms with Gasteiger partial charge in [-0.3, -0.25) is 0 Å². The molecule has 2 rings (SSSR count). The monoisotopic (exact) mass is 274 g/mol. The van der Waals surface area contributed by atoms with Gasteiger partial charge in [0.1, 0.15) is 11.9 Å². The predicted molar refractivity (Wildman–Crippen MR) is 83.1 cm³/mol. The number of unbranched alkanes of at least 4 members (excludes halogenated alkanes) is 3. The van der Waals surface area contributed by atoms with Gasteiger partial charge >= 0.3 is 0 Å². The minimum Gasteiger partial charge on any atom is -0.497 e. The number of hydrogen-bond donors (Lipinski definition) is 0. The first-order valence-corrected chi connectivity index (χ1v) is 7.79. The van der Waals surface area contributed by atoms with Crippen molar-refractivity contribution in [1.29, 1.82) is 0 Å². The van der Waals surface area contributed by atoms with Crippen LogP contribution in [0.25, 0.3) is 0 Å². The van der Waals surface area contributed by atoms with E-state index in [1.165, 1.54) is 37.7 Å². The second-order valence-electron chi connectivity index (χ2n) is 5.47. The SMILES string of the molecule is CCCCCC[C@H]1CC=C[C@@H](c2ccc(OC)cc2)O1. The summed E-state index contributed by atoms with van der Waals surface area (Å²) in [5, 5.41) is 0. The van der Waals surface area contributed by atoms with Crippen LogP contribution in [-0.2, 0) is 4.74 Å². The Balaban J connectivity index is 1.86. The lowest BCUT2D eigenvalue weighted by Gasteiger charge is -2.26. The van der Waals surface area contributed by atoms with E-state index in [0.29, 0.717) is 6.10 Å². The van der Waals surface area contributed by atoms with Crippen molar-refractivity contribution in [3.63, 3.8) is 0 Å². The summed E-state index contributed by atoms with van der Waals surface area (Å²) in [6.45, 7) is 2.25. The Morgan fingerprint density at radius 1 is 1.15 bits per heavy atom. The molecule has 0 aromatic heterocycles. The van der Waals surface area contributed by atoms with Gasteiger partial charge < -0.3 is 9.47 Å². The molecule has 0 unspecified atom stereocenters. The first-order valence-electron chi connectivity index (χ1n) is 7.79. The molecule has 0 radical (unpaired) electrons. The van der Waals surface area contributed by atoms with E-state index in [-0.39, 0.29) is 6.10 Å². The summed E-state index contributed by atoms with van der Waals surface area (Å²) >= 11 is 0. The molecular weight excluding hydrogens is 248 g/mol. The fourth-order valence-electron chi connectivity index (χ4n) is 2.63. The highest BCUT2D eigenvalue weighted by Crippen LogP contribution is 2.29. The summed E-state index contributed by atoms with van der Waals surface area (Å²) in [6, 6.07) is 8.18. The number of rotatable bonds is 7. The van der Waals surface area contributed by atoms with Crippen LogP contribution in [0.15, 0.2) is 36.4 Å². The van der Waals surface area contributed by atoms with Crippen LogP contribution in [0, 0.1) is 0 Å². The third-order valence-electron chi connectivity index (χ3n) is 3.87. The largest absolute Gasteiger partial charge is 0.497 e. The topological polar surface area (TPSA) is 18.5 Å². The molecule has 0 aliphatic carbocycles. The van der Waals surface area contributed by atoms with E-state index in [0.717, 1.165) is 12.2 Å². The van der Waals surface area contributed by atoms with Crippen LogP contribution >= 0.6 is 0 Å². The summed E-state index contributed by atoms with van der Waals surface area (Å²) < 4.78 is 11.4. The zero-order chi connectivity index (χ0) is 14.2. The zero-order valence-corrected chi connectivity index (χ0v) is 12.7. The lowest BCUT2D eigenvalue weighted by atomic mass is 10.0. The molecule has 0 saturated carbocycles. The molecule has 1 aromatic carbocycles. The molecule has 2 nitrogen and oxygen atoms in total. The van der Waals surface area contributed by atoms with Crippen molar-refractivity contribution in [2.24, 2.45) is 0 Å². The molecular formula is C18H26O2.